The number of H-pyrrole nitrogens is 1. The molecule has 156 valence electrons. The maximum absolute atomic E-state index is 12.6. The lowest BCUT2D eigenvalue weighted by Gasteiger charge is -2.13. The van der Waals surface area contributed by atoms with Crippen LogP contribution in [0.2, 0.25) is 0 Å². The van der Waals surface area contributed by atoms with Crippen LogP contribution >= 0.6 is 0 Å². The summed E-state index contributed by atoms with van der Waals surface area (Å²) in [6, 6.07) is 20.7. The van der Waals surface area contributed by atoms with Crippen LogP contribution in [0.25, 0.3) is 16.5 Å². The lowest BCUT2D eigenvalue weighted by atomic mass is 10.1. The Kier molecular flexibility index (Phi) is 5.41. The van der Waals surface area contributed by atoms with Gasteiger partial charge in [0.05, 0.1) is 17.1 Å². The van der Waals surface area contributed by atoms with Crippen LogP contribution in [-0.4, -0.2) is 20.4 Å². The van der Waals surface area contributed by atoms with E-state index < -0.39 is 17.1 Å². The molecule has 31 heavy (non-hydrogen) atoms. The zero-order chi connectivity index (χ0) is 22.0. The van der Waals surface area contributed by atoms with Crippen molar-refractivity contribution in [2.24, 2.45) is 5.10 Å². The van der Waals surface area contributed by atoms with Crippen molar-refractivity contribution < 1.29 is 5.11 Å². The molecule has 0 saturated heterocycles. The van der Waals surface area contributed by atoms with E-state index in [-0.39, 0.29) is 5.56 Å². The summed E-state index contributed by atoms with van der Waals surface area (Å²) in [6.07, 6.45) is 0.362. The van der Waals surface area contributed by atoms with E-state index in [4.69, 9.17) is 0 Å². The van der Waals surface area contributed by atoms with Gasteiger partial charge in [0.2, 0.25) is 5.88 Å². The summed E-state index contributed by atoms with van der Waals surface area (Å²) in [5.41, 5.74) is 4.11. The molecular weight excluding hydrogens is 392 g/mol. The van der Waals surface area contributed by atoms with Crippen molar-refractivity contribution in [1.29, 1.82) is 0 Å². The maximum Gasteiger partial charge on any atom is 0.335 e. The van der Waals surface area contributed by atoms with E-state index in [0.29, 0.717) is 17.8 Å². The average molecular weight is 414 g/mol. The van der Waals surface area contributed by atoms with Gasteiger partial charge in [-0.2, -0.15) is 5.10 Å². The van der Waals surface area contributed by atoms with Gasteiger partial charge in [-0.25, -0.2) is 9.36 Å². The van der Waals surface area contributed by atoms with E-state index in [9.17, 15) is 14.7 Å². The van der Waals surface area contributed by atoms with Gasteiger partial charge in [0.15, 0.2) is 0 Å². The molecular formula is C24H22N4O3. The molecule has 1 heterocycles. The van der Waals surface area contributed by atoms with Crippen molar-refractivity contribution in [2.75, 3.05) is 5.43 Å². The molecule has 7 heteroatoms. The molecule has 0 saturated carbocycles. The van der Waals surface area contributed by atoms with Crippen LogP contribution in [0.5, 0.6) is 5.88 Å². The maximum atomic E-state index is 12.6. The number of rotatable bonds is 5. The molecule has 0 amide bonds. The van der Waals surface area contributed by atoms with Crippen molar-refractivity contribution in [2.45, 2.75) is 20.3 Å². The zero-order valence-electron chi connectivity index (χ0n) is 17.2. The van der Waals surface area contributed by atoms with Crippen LogP contribution in [-0.2, 0) is 0 Å². The smallest absolute Gasteiger partial charge is 0.335 e. The molecule has 0 radical (unpaired) electrons. The Labute approximate surface area is 178 Å². The Hall–Kier alpha value is -4.13. The summed E-state index contributed by atoms with van der Waals surface area (Å²) < 4.78 is 1.07. The van der Waals surface area contributed by atoms with Crippen molar-refractivity contribution in [3.05, 3.63) is 98.7 Å². The highest BCUT2D eigenvalue weighted by Crippen LogP contribution is 2.24. The molecule has 7 nitrogen and oxygen atoms in total. The number of hydrogen-bond donors (Lipinski definition) is 3. The fourth-order valence-corrected chi connectivity index (χ4v) is 3.48. The number of aromatic amines is 1. The van der Waals surface area contributed by atoms with E-state index in [1.54, 1.807) is 12.1 Å². The summed E-state index contributed by atoms with van der Waals surface area (Å²) >= 11 is 0. The van der Waals surface area contributed by atoms with Gasteiger partial charge in [0.25, 0.3) is 5.56 Å². The number of nitrogens with one attached hydrogen (secondary N) is 2. The van der Waals surface area contributed by atoms with Gasteiger partial charge < -0.3 is 5.11 Å². The molecule has 0 aliphatic heterocycles. The van der Waals surface area contributed by atoms with E-state index >= 15 is 0 Å². The molecule has 4 aromatic rings. The summed E-state index contributed by atoms with van der Waals surface area (Å²) in [4.78, 5) is 27.3. The zero-order valence-corrected chi connectivity index (χ0v) is 17.2. The third-order valence-corrected chi connectivity index (χ3v) is 5.10. The van der Waals surface area contributed by atoms with E-state index in [0.717, 1.165) is 26.6 Å². The lowest BCUT2D eigenvalue weighted by Crippen LogP contribution is -2.33. The fraction of sp³-hybridized carbons (Fsp3) is 0.125. The second-order valence-electron chi connectivity index (χ2n) is 7.18. The van der Waals surface area contributed by atoms with E-state index in [2.05, 4.69) is 15.5 Å². The molecule has 0 aliphatic carbocycles. The predicted octanol–water partition coefficient (Wildman–Crippen LogP) is 3.92. The SMILES string of the molecule is CC/C(=N\Nc1cccc2ccccc12)c1c(O)n(-c2ccc(C)cc2)c(=O)[nH]c1=O. The first-order valence-corrected chi connectivity index (χ1v) is 9.95. The Morgan fingerprint density at radius 2 is 1.74 bits per heavy atom. The second kappa shape index (κ2) is 8.31. The first kappa shape index (κ1) is 20.2. The van der Waals surface area contributed by atoms with Crippen molar-refractivity contribution in [1.82, 2.24) is 9.55 Å². The highest BCUT2D eigenvalue weighted by Gasteiger charge is 2.19. The molecule has 3 aromatic carbocycles. The molecule has 4 rings (SSSR count). The first-order chi connectivity index (χ1) is 15.0. The third kappa shape index (κ3) is 3.85. The summed E-state index contributed by atoms with van der Waals surface area (Å²) in [5.74, 6) is -0.446. The first-order valence-electron chi connectivity index (χ1n) is 9.95. The van der Waals surface area contributed by atoms with Crippen LogP contribution in [0.15, 0.2) is 81.4 Å². The predicted molar refractivity (Wildman–Crippen MR) is 123 cm³/mol. The molecule has 1 aromatic heterocycles. The largest absolute Gasteiger partial charge is 0.493 e. The van der Waals surface area contributed by atoms with Gasteiger partial charge in [0.1, 0.15) is 5.56 Å². The fourth-order valence-electron chi connectivity index (χ4n) is 3.48. The Morgan fingerprint density at radius 3 is 2.48 bits per heavy atom. The van der Waals surface area contributed by atoms with Gasteiger partial charge in [0, 0.05) is 5.39 Å². The minimum absolute atomic E-state index is 0.0459. The number of fused-ring (bicyclic) bond motifs is 1. The van der Waals surface area contributed by atoms with Crippen molar-refractivity contribution in [3.8, 4) is 11.6 Å². The van der Waals surface area contributed by atoms with Crippen LogP contribution in [0.1, 0.15) is 24.5 Å². The number of nitrogens with zero attached hydrogens (tertiary/aromatic N) is 2. The van der Waals surface area contributed by atoms with Gasteiger partial charge in [-0.15, -0.1) is 0 Å². The topological polar surface area (TPSA) is 99.5 Å². The number of aromatic nitrogens is 2. The quantitative estimate of drug-likeness (QED) is 0.340. The van der Waals surface area contributed by atoms with Crippen LogP contribution in [0.4, 0.5) is 5.69 Å². The summed E-state index contributed by atoms with van der Waals surface area (Å²) in [5, 5.41) is 17.3. The number of hydrazone groups is 1. The summed E-state index contributed by atoms with van der Waals surface area (Å²) in [6.45, 7) is 3.75. The monoisotopic (exact) mass is 414 g/mol. The standard InChI is InChI=1S/C24H22N4O3/c1-3-19(26-27-20-10-6-8-16-7-4-5-9-18(16)20)21-22(29)25-24(31)28(23(21)30)17-13-11-15(2)12-14-17/h4-14,27,30H,3H2,1-2H3,(H,25,29,31)/b26-19+. The Morgan fingerprint density at radius 1 is 1.03 bits per heavy atom. The van der Waals surface area contributed by atoms with Crippen LogP contribution in [0, 0.1) is 6.92 Å². The highest BCUT2D eigenvalue weighted by molar-refractivity contribution is 6.03. The van der Waals surface area contributed by atoms with Gasteiger partial charge >= 0.3 is 5.69 Å². The molecule has 0 aliphatic rings. The van der Waals surface area contributed by atoms with Gasteiger partial charge in [-0.3, -0.25) is 15.2 Å². The molecule has 0 spiro atoms. The average Bonchev–Trinajstić information content (AvgIpc) is 2.77. The van der Waals surface area contributed by atoms with Gasteiger partial charge in [-0.1, -0.05) is 61.0 Å². The lowest BCUT2D eigenvalue weighted by molar-refractivity contribution is 0.429. The highest BCUT2D eigenvalue weighted by atomic mass is 16.3. The molecule has 0 atom stereocenters. The number of aromatic hydroxyl groups is 1. The molecule has 3 N–H and O–H groups in total. The third-order valence-electron chi connectivity index (χ3n) is 5.10. The molecule has 0 fully saturated rings. The Balaban J connectivity index is 1.81. The molecule has 0 bridgehead atoms. The summed E-state index contributed by atoms with van der Waals surface area (Å²) in [7, 11) is 0. The number of hydrogen-bond acceptors (Lipinski definition) is 5. The number of benzene rings is 3. The number of anilines is 1. The van der Waals surface area contributed by atoms with Crippen molar-refractivity contribution in [3.63, 3.8) is 0 Å². The minimum Gasteiger partial charge on any atom is -0.493 e. The van der Waals surface area contributed by atoms with Gasteiger partial charge in [-0.05, 0) is 36.9 Å². The normalized spacial score (nSPS) is 11.6. The van der Waals surface area contributed by atoms with Crippen molar-refractivity contribution >= 4 is 22.2 Å². The van der Waals surface area contributed by atoms with Crippen LogP contribution < -0.4 is 16.7 Å². The van der Waals surface area contributed by atoms with E-state index in [1.165, 1.54) is 0 Å². The van der Waals surface area contributed by atoms with E-state index in [1.807, 2.05) is 68.4 Å². The number of aryl methyl sites for hydroxylation is 1. The molecule has 0 unspecified atom stereocenters. The second-order valence-corrected chi connectivity index (χ2v) is 7.18. The Bertz CT molecular complexity index is 1390. The van der Waals surface area contributed by atoms with Crippen LogP contribution in [0.3, 0.4) is 0 Å². The minimum atomic E-state index is -0.715.